The summed E-state index contributed by atoms with van der Waals surface area (Å²) in [6, 6.07) is 1.23. The Morgan fingerprint density at radius 3 is 2.48 bits per heavy atom. The lowest BCUT2D eigenvalue weighted by atomic mass is 9.96. The third-order valence-corrected chi connectivity index (χ3v) is 5.81. The first-order valence-corrected chi connectivity index (χ1v) is 10.5. The quantitative estimate of drug-likeness (QED) is 0.661. The third-order valence-electron chi connectivity index (χ3n) is 3.90. The van der Waals surface area contributed by atoms with Gasteiger partial charge in [-0.15, -0.1) is 14.9 Å². The molecule has 0 saturated heterocycles. The molecule has 1 aliphatic rings. The van der Waals surface area contributed by atoms with Crippen LogP contribution in [0.25, 0.3) is 0 Å². The first kappa shape index (κ1) is 22.4. The van der Waals surface area contributed by atoms with Crippen LogP contribution in [-0.2, 0) is 20.9 Å². The highest BCUT2D eigenvalue weighted by atomic mass is 35.5. The second-order valence-electron chi connectivity index (χ2n) is 8.76. The van der Waals surface area contributed by atoms with Gasteiger partial charge in [-0.2, -0.15) is 0 Å². The van der Waals surface area contributed by atoms with Gasteiger partial charge >= 0.3 is 0 Å². The van der Waals surface area contributed by atoms with E-state index < -0.39 is 27.6 Å². The van der Waals surface area contributed by atoms with Crippen molar-refractivity contribution in [3.63, 3.8) is 0 Å². The molecule has 1 unspecified atom stereocenters. The number of amides is 1. The Bertz CT molecular complexity index is 672. The van der Waals surface area contributed by atoms with E-state index in [0.29, 0.717) is 18.0 Å². The molecule has 1 heterocycles. The predicted molar refractivity (Wildman–Crippen MR) is 108 cm³/mol. The summed E-state index contributed by atoms with van der Waals surface area (Å²) in [5.41, 5.74) is 0.0243. The molecule has 1 fully saturated rings. The van der Waals surface area contributed by atoms with Crippen LogP contribution in [0.4, 0.5) is 5.82 Å². The van der Waals surface area contributed by atoms with E-state index in [4.69, 9.17) is 16.3 Å². The standard InChI is InChI=1S/C18H29ClN4O3S/c1-17(2,3)16(24)20-14-9-12(15(19)22-21-14)13(10-26-11-7-8-11)23-27(25)18(4,5)6/h9,11,13,23H,7-8,10H2,1-6H3,(H,20,21,24)/t13-,27?/m1/s1. The molecule has 9 heteroatoms. The van der Waals surface area contributed by atoms with E-state index in [9.17, 15) is 9.35 Å². The fourth-order valence-corrected chi connectivity index (χ4v) is 2.99. The molecule has 0 radical (unpaired) electrons. The van der Waals surface area contributed by atoms with Crippen LogP contribution in [0, 0.1) is 5.41 Å². The van der Waals surface area contributed by atoms with Crippen molar-refractivity contribution in [1.82, 2.24) is 14.9 Å². The Kier molecular flexibility index (Phi) is 7.13. The van der Waals surface area contributed by atoms with Crippen molar-refractivity contribution in [2.45, 2.75) is 71.3 Å². The number of nitrogens with zero attached hydrogens (tertiary/aromatic N) is 2. The van der Waals surface area contributed by atoms with E-state index >= 15 is 0 Å². The minimum absolute atomic E-state index is 0.179. The number of ether oxygens (including phenoxy) is 1. The lowest BCUT2D eigenvalue weighted by molar-refractivity contribution is -0.123. The normalized spacial score (nSPS) is 17.5. The first-order valence-electron chi connectivity index (χ1n) is 9.02. The molecule has 7 nitrogen and oxygen atoms in total. The molecule has 0 aromatic carbocycles. The molecule has 1 aromatic heterocycles. The van der Waals surface area contributed by atoms with Crippen molar-refractivity contribution >= 4 is 34.7 Å². The number of rotatable bonds is 7. The van der Waals surface area contributed by atoms with Crippen LogP contribution in [-0.4, -0.2) is 38.1 Å². The molecule has 27 heavy (non-hydrogen) atoms. The summed E-state index contributed by atoms with van der Waals surface area (Å²) in [6.07, 6.45) is 2.31. The third kappa shape index (κ3) is 6.87. The number of aromatic nitrogens is 2. The molecule has 0 aliphatic heterocycles. The zero-order valence-corrected chi connectivity index (χ0v) is 18.3. The summed E-state index contributed by atoms with van der Waals surface area (Å²) in [6.45, 7) is 11.4. The summed E-state index contributed by atoms with van der Waals surface area (Å²) >= 11 is 4.94. The number of halogens is 1. The van der Waals surface area contributed by atoms with Gasteiger partial charge in [0, 0.05) is 22.3 Å². The van der Waals surface area contributed by atoms with Crippen molar-refractivity contribution in [3.05, 3.63) is 16.8 Å². The summed E-state index contributed by atoms with van der Waals surface area (Å²) in [5.74, 6) is 0.121. The second-order valence-corrected chi connectivity index (χ2v) is 11.1. The summed E-state index contributed by atoms with van der Waals surface area (Å²) in [5, 5.41) is 10.8. The Labute approximate surface area is 169 Å². The van der Waals surface area contributed by atoms with E-state index in [2.05, 4.69) is 20.2 Å². The van der Waals surface area contributed by atoms with Crippen LogP contribution < -0.4 is 10.0 Å². The minimum Gasteiger partial charge on any atom is -0.598 e. The van der Waals surface area contributed by atoms with Gasteiger partial charge in [-0.1, -0.05) is 32.4 Å². The molecule has 1 saturated carbocycles. The van der Waals surface area contributed by atoms with E-state index in [-0.39, 0.29) is 17.2 Å². The van der Waals surface area contributed by atoms with Gasteiger partial charge in [0.2, 0.25) is 5.91 Å². The fraction of sp³-hybridized carbons (Fsp3) is 0.722. The van der Waals surface area contributed by atoms with Gasteiger partial charge in [-0.25, -0.2) is 0 Å². The molecule has 1 aliphatic carbocycles. The zero-order valence-electron chi connectivity index (χ0n) is 16.8. The largest absolute Gasteiger partial charge is 0.598 e. The van der Waals surface area contributed by atoms with E-state index in [1.165, 1.54) is 0 Å². The highest BCUT2D eigenvalue weighted by molar-refractivity contribution is 7.90. The minimum atomic E-state index is -1.33. The average Bonchev–Trinajstić information content (AvgIpc) is 3.35. The van der Waals surface area contributed by atoms with Crippen LogP contribution in [0.1, 0.15) is 66.0 Å². The first-order chi connectivity index (χ1) is 12.4. The summed E-state index contributed by atoms with van der Waals surface area (Å²) in [4.78, 5) is 12.2. The van der Waals surface area contributed by atoms with Crippen LogP contribution in [0.15, 0.2) is 6.07 Å². The number of anilines is 1. The van der Waals surface area contributed by atoms with Crippen LogP contribution >= 0.6 is 11.6 Å². The Morgan fingerprint density at radius 2 is 1.96 bits per heavy atom. The van der Waals surface area contributed by atoms with Crippen LogP contribution in [0.2, 0.25) is 5.15 Å². The number of hydrogen-bond acceptors (Lipinski definition) is 6. The van der Waals surface area contributed by atoms with E-state index in [1.807, 2.05) is 41.5 Å². The average molecular weight is 417 g/mol. The maximum Gasteiger partial charge on any atom is 0.230 e. The Balaban J connectivity index is 2.23. The Hall–Kier alpha value is -0.930. The number of nitrogens with one attached hydrogen (secondary N) is 2. The van der Waals surface area contributed by atoms with Crippen LogP contribution in [0.5, 0.6) is 0 Å². The molecule has 0 bridgehead atoms. The predicted octanol–water partition coefficient (Wildman–Crippen LogP) is 3.39. The lowest BCUT2D eigenvalue weighted by Crippen LogP contribution is -2.42. The maximum absolute atomic E-state index is 12.6. The SMILES string of the molecule is CC(C)(C)C(=O)Nc1cc([C@@H](COC2CC2)N[S+]([O-])C(C)(C)C)c(Cl)nn1. The van der Waals surface area contributed by atoms with Gasteiger partial charge in [0.25, 0.3) is 0 Å². The summed E-state index contributed by atoms with van der Waals surface area (Å²) < 4.78 is 21.1. The van der Waals surface area contributed by atoms with E-state index in [0.717, 1.165) is 12.8 Å². The van der Waals surface area contributed by atoms with Gasteiger partial charge in [0.05, 0.1) is 12.7 Å². The molecular weight excluding hydrogens is 388 g/mol. The molecule has 0 spiro atoms. The maximum atomic E-state index is 12.6. The van der Waals surface area contributed by atoms with E-state index in [1.54, 1.807) is 6.07 Å². The summed E-state index contributed by atoms with van der Waals surface area (Å²) in [7, 11) is 0. The number of carbonyl (C=O) groups is 1. The highest BCUT2D eigenvalue weighted by Crippen LogP contribution is 2.30. The molecule has 2 atom stereocenters. The van der Waals surface area contributed by atoms with Crippen molar-refractivity contribution in [2.75, 3.05) is 11.9 Å². The molecule has 1 amide bonds. The van der Waals surface area contributed by atoms with Gasteiger partial charge < -0.3 is 14.6 Å². The number of carbonyl (C=O) groups excluding carboxylic acids is 1. The Morgan fingerprint density at radius 1 is 1.33 bits per heavy atom. The molecule has 1 aromatic rings. The molecule has 2 N–H and O–H groups in total. The van der Waals surface area contributed by atoms with Crippen molar-refractivity contribution in [1.29, 1.82) is 0 Å². The smallest absolute Gasteiger partial charge is 0.230 e. The van der Waals surface area contributed by atoms with Gasteiger partial charge in [0.1, 0.15) is 10.8 Å². The number of hydrogen-bond donors (Lipinski definition) is 2. The lowest BCUT2D eigenvalue weighted by Gasteiger charge is -2.28. The monoisotopic (exact) mass is 416 g/mol. The molecule has 2 rings (SSSR count). The van der Waals surface area contributed by atoms with Gasteiger partial charge in [-0.05, 0) is 39.7 Å². The fourth-order valence-electron chi connectivity index (χ4n) is 1.96. The van der Waals surface area contributed by atoms with Crippen molar-refractivity contribution in [2.24, 2.45) is 5.41 Å². The van der Waals surface area contributed by atoms with Crippen molar-refractivity contribution < 1.29 is 14.1 Å². The zero-order chi connectivity index (χ0) is 20.4. The molecular formula is C18H29ClN4O3S. The topological polar surface area (TPSA) is 99.2 Å². The van der Waals surface area contributed by atoms with Gasteiger partial charge in [0.15, 0.2) is 11.0 Å². The van der Waals surface area contributed by atoms with Crippen LogP contribution in [0.3, 0.4) is 0 Å². The molecule has 152 valence electrons. The second kappa shape index (κ2) is 8.61. The van der Waals surface area contributed by atoms with Crippen molar-refractivity contribution in [3.8, 4) is 0 Å². The van der Waals surface area contributed by atoms with Gasteiger partial charge in [-0.3, -0.25) is 4.79 Å². The highest BCUT2D eigenvalue weighted by Gasteiger charge is 2.33.